The Labute approximate surface area is 116 Å². The van der Waals surface area contributed by atoms with E-state index in [9.17, 15) is 0 Å². The first-order valence-corrected chi connectivity index (χ1v) is 7.38. The van der Waals surface area contributed by atoms with E-state index in [1.807, 2.05) is 19.1 Å². The summed E-state index contributed by atoms with van der Waals surface area (Å²) in [6.45, 7) is 3.69. The predicted molar refractivity (Wildman–Crippen MR) is 79.3 cm³/mol. The van der Waals surface area contributed by atoms with Gasteiger partial charge in [-0.3, -0.25) is 4.90 Å². The molecule has 1 aliphatic carbocycles. The first-order valence-electron chi connectivity index (χ1n) is 7.38. The second kappa shape index (κ2) is 6.92. The highest BCUT2D eigenvalue weighted by atomic mass is 16.5. The van der Waals surface area contributed by atoms with Gasteiger partial charge in [0.05, 0.1) is 6.61 Å². The number of nitrogens with two attached hydrogens (primary N) is 1. The second-order valence-electron chi connectivity index (χ2n) is 5.51. The molecule has 0 aromatic heterocycles. The van der Waals surface area contributed by atoms with Crippen molar-refractivity contribution in [2.24, 2.45) is 5.73 Å². The highest BCUT2D eigenvalue weighted by Gasteiger charge is 2.25. The molecule has 0 spiro atoms. The largest absolute Gasteiger partial charge is 0.494 e. The second-order valence-corrected chi connectivity index (χ2v) is 5.51. The minimum absolute atomic E-state index is 0.335. The fourth-order valence-electron chi connectivity index (χ4n) is 2.95. The van der Waals surface area contributed by atoms with Gasteiger partial charge in [0.2, 0.25) is 0 Å². The molecule has 1 saturated carbocycles. The Morgan fingerprint density at radius 3 is 2.53 bits per heavy atom. The SMILES string of the molecule is CCOc1ccc(CN(C)C2CCCCC2N)cc1. The first-order chi connectivity index (χ1) is 9.20. The smallest absolute Gasteiger partial charge is 0.119 e. The van der Waals surface area contributed by atoms with Crippen LogP contribution in [0.1, 0.15) is 38.2 Å². The summed E-state index contributed by atoms with van der Waals surface area (Å²) in [6.07, 6.45) is 4.99. The third-order valence-electron chi connectivity index (χ3n) is 4.01. The van der Waals surface area contributed by atoms with E-state index < -0.39 is 0 Å². The molecule has 0 heterocycles. The molecule has 3 nitrogen and oxygen atoms in total. The standard InChI is InChI=1S/C16H26N2O/c1-3-19-14-10-8-13(9-11-14)12-18(2)16-7-5-4-6-15(16)17/h8-11,15-16H,3-7,12,17H2,1-2H3. The van der Waals surface area contributed by atoms with Crippen molar-refractivity contribution in [2.45, 2.75) is 51.2 Å². The summed E-state index contributed by atoms with van der Waals surface area (Å²) in [5, 5.41) is 0. The van der Waals surface area contributed by atoms with Gasteiger partial charge in [-0.05, 0) is 44.5 Å². The third-order valence-corrected chi connectivity index (χ3v) is 4.01. The van der Waals surface area contributed by atoms with Crippen LogP contribution in [0.2, 0.25) is 0 Å². The minimum atomic E-state index is 0.335. The van der Waals surface area contributed by atoms with Crippen molar-refractivity contribution in [1.29, 1.82) is 0 Å². The highest BCUT2D eigenvalue weighted by molar-refractivity contribution is 5.27. The van der Waals surface area contributed by atoms with Gasteiger partial charge in [-0.2, -0.15) is 0 Å². The molecule has 0 radical (unpaired) electrons. The van der Waals surface area contributed by atoms with Crippen LogP contribution in [0.25, 0.3) is 0 Å². The van der Waals surface area contributed by atoms with E-state index in [1.165, 1.54) is 24.8 Å². The van der Waals surface area contributed by atoms with Crippen molar-refractivity contribution in [3.8, 4) is 5.75 Å². The van der Waals surface area contributed by atoms with E-state index in [0.29, 0.717) is 12.1 Å². The maximum Gasteiger partial charge on any atom is 0.119 e. The number of benzene rings is 1. The average molecular weight is 262 g/mol. The van der Waals surface area contributed by atoms with Crippen LogP contribution in [0, 0.1) is 0 Å². The summed E-state index contributed by atoms with van der Waals surface area (Å²) in [5.41, 5.74) is 7.56. The maximum atomic E-state index is 6.24. The molecular weight excluding hydrogens is 236 g/mol. The van der Waals surface area contributed by atoms with Gasteiger partial charge in [-0.1, -0.05) is 25.0 Å². The van der Waals surface area contributed by atoms with Gasteiger partial charge in [0.25, 0.3) is 0 Å². The molecule has 0 amide bonds. The zero-order chi connectivity index (χ0) is 13.7. The molecule has 1 aliphatic rings. The first kappa shape index (κ1) is 14.4. The van der Waals surface area contributed by atoms with Crippen LogP contribution in [0.3, 0.4) is 0 Å². The van der Waals surface area contributed by atoms with Crippen LogP contribution in [-0.4, -0.2) is 30.6 Å². The van der Waals surface area contributed by atoms with Crippen LogP contribution >= 0.6 is 0 Å². The highest BCUT2D eigenvalue weighted by Crippen LogP contribution is 2.22. The van der Waals surface area contributed by atoms with E-state index >= 15 is 0 Å². The Balaban J connectivity index is 1.92. The number of hydrogen-bond acceptors (Lipinski definition) is 3. The van der Waals surface area contributed by atoms with Gasteiger partial charge < -0.3 is 10.5 Å². The molecule has 2 atom stereocenters. The normalized spacial score (nSPS) is 23.6. The van der Waals surface area contributed by atoms with Crippen LogP contribution in [0.15, 0.2) is 24.3 Å². The van der Waals surface area contributed by atoms with E-state index in [1.54, 1.807) is 0 Å². The van der Waals surface area contributed by atoms with Gasteiger partial charge in [0.1, 0.15) is 5.75 Å². The quantitative estimate of drug-likeness (QED) is 0.887. The number of nitrogens with zero attached hydrogens (tertiary/aromatic N) is 1. The number of likely N-dealkylation sites (N-methyl/N-ethyl adjacent to an activating group) is 1. The number of hydrogen-bond donors (Lipinski definition) is 1. The summed E-state index contributed by atoms with van der Waals surface area (Å²) in [6, 6.07) is 9.26. The zero-order valence-electron chi connectivity index (χ0n) is 12.1. The predicted octanol–water partition coefficient (Wildman–Crippen LogP) is 2.79. The van der Waals surface area contributed by atoms with E-state index in [-0.39, 0.29) is 0 Å². The maximum absolute atomic E-state index is 6.24. The van der Waals surface area contributed by atoms with Gasteiger partial charge in [0, 0.05) is 18.6 Å². The molecule has 0 bridgehead atoms. The summed E-state index contributed by atoms with van der Waals surface area (Å²) in [5.74, 6) is 0.947. The molecule has 3 heteroatoms. The lowest BCUT2D eigenvalue weighted by Crippen LogP contribution is -2.47. The molecule has 106 valence electrons. The molecule has 1 aromatic rings. The monoisotopic (exact) mass is 262 g/mol. The van der Waals surface area contributed by atoms with Gasteiger partial charge in [-0.25, -0.2) is 0 Å². The summed E-state index contributed by atoms with van der Waals surface area (Å²) < 4.78 is 5.47. The molecular formula is C16H26N2O. The van der Waals surface area contributed by atoms with Crippen LogP contribution in [0.4, 0.5) is 0 Å². The van der Waals surface area contributed by atoms with Crippen LogP contribution < -0.4 is 10.5 Å². The van der Waals surface area contributed by atoms with E-state index in [0.717, 1.165) is 25.3 Å². The molecule has 19 heavy (non-hydrogen) atoms. The number of rotatable bonds is 5. The van der Waals surface area contributed by atoms with E-state index in [4.69, 9.17) is 10.5 Å². The summed E-state index contributed by atoms with van der Waals surface area (Å²) in [7, 11) is 2.19. The fourth-order valence-corrected chi connectivity index (χ4v) is 2.95. The van der Waals surface area contributed by atoms with Gasteiger partial charge in [0.15, 0.2) is 0 Å². The fraction of sp³-hybridized carbons (Fsp3) is 0.625. The molecule has 1 aromatic carbocycles. The Kier molecular flexibility index (Phi) is 5.23. The topological polar surface area (TPSA) is 38.5 Å². The lowest BCUT2D eigenvalue weighted by atomic mass is 9.90. The molecule has 0 saturated heterocycles. The lowest BCUT2D eigenvalue weighted by Gasteiger charge is -2.36. The summed E-state index contributed by atoms with van der Waals surface area (Å²) in [4.78, 5) is 2.40. The molecule has 2 unspecified atom stereocenters. The van der Waals surface area contributed by atoms with Crippen molar-refractivity contribution in [1.82, 2.24) is 4.90 Å². The van der Waals surface area contributed by atoms with Crippen molar-refractivity contribution in [2.75, 3.05) is 13.7 Å². The molecule has 2 rings (SSSR count). The van der Waals surface area contributed by atoms with Gasteiger partial charge >= 0.3 is 0 Å². The Bertz CT molecular complexity index is 377. The average Bonchev–Trinajstić information content (AvgIpc) is 2.42. The van der Waals surface area contributed by atoms with Gasteiger partial charge in [-0.15, -0.1) is 0 Å². The Morgan fingerprint density at radius 2 is 1.89 bits per heavy atom. The van der Waals surface area contributed by atoms with Crippen molar-refractivity contribution in [3.05, 3.63) is 29.8 Å². The lowest BCUT2D eigenvalue weighted by molar-refractivity contribution is 0.162. The Morgan fingerprint density at radius 1 is 1.21 bits per heavy atom. The Hall–Kier alpha value is -1.06. The van der Waals surface area contributed by atoms with Crippen LogP contribution in [-0.2, 0) is 6.54 Å². The van der Waals surface area contributed by atoms with Crippen molar-refractivity contribution < 1.29 is 4.74 Å². The number of ether oxygens (including phenoxy) is 1. The van der Waals surface area contributed by atoms with Crippen molar-refractivity contribution in [3.63, 3.8) is 0 Å². The molecule has 0 aliphatic heterocycles. The molecule has 2 N–H and O–H groups in total. The minimum Gasteiger partial charge on any atom is -0.494 e. The summed E-state index contributed by atoms with van der Waals surface area (Å²) >= 11 is 0. The molecule has 1 fully saturated rings. The van der Waals surface area contributed by atoms with Crippen LogP contribution in [0.5, 0.6) is 5.75 Å². The third kappa shape index (κ3) is 3.95. The van der Waals surface area contributed by atoms with E-state index in [2.05, 4.69) is 24.1 Å². The van der Waals surface area contributed by atoms with Crippen molar-refractivity contribution >= 4 is 0 Å². The zero-order valence-corrected chi connectivity index (χ0v) is 12.1.